The van der Waals surface area contributed by atoms with E-state index in [2.05, 4.69) is 38.8 Å². The van der Waals surface area contributed by atoms with E-state index in [9.17, 15) is 0 Å². The van der Waals surface area contributed by atoms with E-state index in [4.69, 9.17) is 11.6 Å². The van der Waals surface area contributed by atoms with Gasteiger partial charge in [-0.3, -0.25) is 0 Å². The van der Waals surface area contributed by atoms with Gasteiger partial charge in [0.1, 0.15) is 0 Å². The summed E-state index contributed by atoms with van der Waals surface area (Å²) < 4.78 is 0. The number of anilines is 3. The fourth-order valence-electron chi connectivity index (χ4n) is 2.34. The van der Waals surface area contributed by atoms with Crippen molar-refractivity contribution in [2.24, 2.45) is 0 Å². The molecule has 0 spiro atoms. The SMILES string of the molecule is CCc1ccccc1Nc1nncc(NCc2ccccc2Cl)n1. The van der Waals surface area contributed by atoms with E-state index in [0.29, 0.717) is 18.3 Å². The van der Waals surface area contributed by atoms with Crippen molar-refractivity contribution in [1.82, 2.24) is 15.2 Å². The van der Waals surface area contributed by atoms with E-state index < -0.39 is 0 Å². The highest BCUT2D eigenvalue weighted by Gasteiger charge is 2.05. The Labute approximate surface area is 146 Å². The van der Waals surface area contributed by atoms with Crippen LogP contribution in [-0.2, 0) is 13.0 Å². The molecule has 1 heterocycles. The Morgan fingerprint density at radius 2 is 1.75 bits per heavy atom. The monoisotopic (exact) mass is 339 g/mol. The summed E-state index contributed by atoms with van der Waals surface area (Å²) in [7, 11) is 0. The Balaban J connectivity index is 1.71. The van der Waals surface area contributed by atoms with Crippen LogP contribution in [0.25, 0.3) is 0 Å². The van der Waals surface area contributed by atoms with Gasteiger partial charge < -0.3 is 10.6 Å². The minimum Gasteiger partial charge on any atom is -0.364 e. The average molecular weight is 340 g/mol. The van der Waals surface area contributed by atoms with Crippen LogP contribution in [0.2, 0.25) is 5.02 Å². The molecule has 0 saturated carbocycles. The second-order valence-electron chi connectivity index (χ2n) is 5.25. The molecule has 0 unspecified atom stereocenters. The number of hydrogen-bond donors (Lipinski definition) is 2. The summed E-state index contributed by atoms with van der Waals surface area (Å²) in [5.41, 5.74) is 3.20. The third-order valence-corrected chi connectivity index (χ3v) is 3.99. The van der Waals surface area contributed by atoms with Crippen LogP contribution in [0.5, 0.6) is 0 Å². The molecule has 5 nitrogen and oxygen atoms in total. The van der Waals surface area contributed by atoms with Crippen molar-refractivity contribution in [2.45, 2.75) is 19.9 Å². The van der Waals surface area contributed by atoms with Gasteiger partial charge in [0, 0.05) is 17.3 Å². The van der Waals surface area contributed by atoms with E-state index >= 15 is 0 Å². The van der Waals surface area contributed by atoms with Gasteiger partial charge in [-0.05, 0) is 29.7 Å². The zero-order chi connectivity index (χ0) is 16.8. The largest absolute Gasteiger partial charge is 0.364 e. The number of halogens is 1. The van der Waals surface area contributed by atoms with Crippen molar-refractivity contribution < 1.29 is 0 Å². The van der Waals surface area contributed by atoms with Crippen LogP contribution in [0.3, 0.4) is 0 Å². The van der Waals surface area contributed by atoms with Crippen molar-refractivity contribution in [3.63, 3.8) is 0 Å². The van der Waals surface area contributed by atoms with Gasteiger partial charge >= 0.3 is 0 Å². The summed E-state index contributed by atoms with van der Waals surface area (Å²) in [5, 5.41) is 15.2. The molecule has 6 heteroatoms. The molecular formula is C18H18ClN5. The number of rotatable bonds is 6. The molecule has 0 saturated heterocycles. The van der Waals surface area contributed by atoms with Gasteiger partial charge in [0.15, 0.2) is 5.82 Å². The molecule has 0 fully saturated rings. The molecule has 24 heavy (non-hydrogen) atoms. The first-order chi connectivity index (χ1) is 11.8. The molecule has 0 bridgehead atoms. The molecule has 0 atom stereocenters. The maximum atomic E-state index is 6.16. The van der Waals surface area contributed by atoms with Crippen molar-refractivity contribution in [3.8, 4) is 0 Å². The number of aryl methyl sites for hydroxylation is 1. The number of benzene rings is 2. The first-order valence-corrected chi connectivity index (χ1v) is 8.16. The van der Waals surface area contributed by atoms with Crippen LogP contribution in [0, 0.1) is 0 Å². The van der Waals surface area contributed by atoms with Gasteiger partial charge in [-0.1, -0.05) is 54.9 Å². The number of nitrogens with one attached hydrogen (secondary N) is 2. The molecule has 3 rings (SSSR count). The molecule has 3 aromatic rings. The Morgan fingerprint density at radius 3 is 2.54 bits per heavy atom. The topological polar surface area (TPSA) is 62.7 Å². The normalized spacial score (nSPS) is 10.4. The Hall–Kier alpha value is -2.66. The van der Waals surface area contributed by atoms with Crippen LogP contribution < -0.4 is 10.6 Å². The van der Waals surface area contributed by atoms with Gasteiger partial charge in [-0.25, -0.2) is 0 Å². The van der Waals surface area contributed by atoms with Crippen LogP contribution in [-0.4, -0.2) is 15.2 Å². The van der Waals surface area contributed by atoms with E-state index in [0.717, 1.165) is 22.7 Å². The summed E-state index contributed by atoms with van der Waals surface area (Å²) in [6.07, 6.45) is 2.52. The van der Waals surface area contributed by atoms with Crippen LogP contribution in [0.15, 0.2) is 54.7 Å². The molecule has 0 radical (unpaired) electrons. The summed E-state index contributed by atoms with van der Waals surface area (Å²) in [4.78, 5) is 4.45. The third kappa shape index (κ3) is 4.00. The fourth-order valence-corrected chi connectivity index (χ4v) is 2.54. The second kappa shape index (κ2) is 7.75. The Bertz CT molecular complexity index is 822. The number of hydrogen-bond acceptors (Lipinski definition) is 5. The molecule has 0 amide bonds. The van der Waals surface area contributed by atoms with Gasteiger partial charge in [-0.2, -0.15) is 10.1 Å². The quantitative estimate of drug-likeness (QED) is 0.695. The standard InChI is InChI=1S/C18H18ClN5/c1-2-13-7-4-6-10-16(13)22-18-23-17(12-21-24-18)20-11-14-8-3-5-9-15(14)19/h3-10,12H,2,11H2,1H3,(H2,20,22,23,24). The smallest absolute Gasteiger partial charge is 0.249 e. The van der Waals surface area contributed by atoms with Crippen molar-refractivity contribution in [2.75, 3.05) is 10.6 Å². The van der Waals surface area contributed by atoms with Crippen molar-refractivity contribution in [1.29, 1.82) is 0 Å². The minimum absolute atomic E-state index is 0.458. The second-order valence-corrected chi connectivity index (χ2v) is 5.65. The van der Waals surface area contributed by atoms with E-state index in [1.54, 1.807) is 6.20 Å². The molecule has 0 aliphatic heterocycles. The van der Waals surface area contributed by atoms with Gasteiger partial charge in [-0.15, -0.1) is 5.10 Å². The highest BCUT2D eigenvalue weighted by molar-refractivity contribution is 6.31. The van der Waals surface area contributed by atoms with Crippen molar-refractivity contribution >= 4 is 29.1 Å². The Morgan fingerprint density at radius 1 is 1.00 bits per heavy atom. The first kappa shape index (κ1) is 16.2. The number of aromatic nitrogens is 3. The van der Waals surface area contributed by atoms with Crippen LogP contribution in [0.1, 0.15) is 18.1 Å². The molecule has 122 valence electrons. The highest BCUT2D eigenvalue weighted by Crippen LogP contribution is 2.20. The maximum absolute atomic E-state index is 6.16. The van der Waals surface area contributed by atoms with Gasteiger partial charge in [0.2, 0.25) is 5.95 Å². The first-order valence-electron chi connectivity index (χ1n) is 7.78. The zero-order valence-corrected chi connectivity index (χ0v) is 14.1. The fraction of sp³-hybridized carbons (Fsp3) is 0.167. The average Bonchev–Trinajstić information content (AvgIpc) is 2.62. The molecule has 2 N–H and O–H groups in total. The lowest BCUT2D eigenvalue weighted by molar-refractivity contribution is 0.964. The molecule has 0 aliphatic rings. The van der Waals surface area contributed by atoms with Gasteiger partial charge in [0.25, 0.3) is 0 Å². The van der Waals surface area contributed by atoms with Crippen LogP contribution >= 0.6 is 11.6 Å². The summed E-state index contributed by atoms with van der Waals surface area (Å²) in [6.45, 7) is 2.69. The third-order valence-electron chi connectivity index (χ3n) is 3.62. The minimum atomic E-state index is 0.458. The highest BCUT2D eigenvalue weighted by atomic mass is 35.5. The lowest BCUT2D eigenvalue weighted by Gasteiger charge is -2.10. The van der Waals surface area contributed by atoms with E-state index in [1.165, 1.54) is 5.56 Å². The predicted octanol–water partition coefficient (Wildman–Crippen LogP) is 4.44. The Kier molecular flexibility index (Phi) is 5.23. The van der Waals surface area contributed by atoms with Crippen LogP contribution in [0.4, 0.5) is 17.5 Å². The number of para-hydroxylation sites is 1. The summed E-state index contributed by atoms with van der Waals surface area (Å²) >= 11 is 6.16. The summed E-state index contributed by atoms with van der Waals surface area (Å²) in [5.74, 6) is 1.10. The molecule has 2 aromatic carbocycles. The predicted molar refractivity (Wildman–Crippen MR) is 97.7 cm³/mol. The summed E-state index contributed by atoms with van der Waals surface area (Å²) in [6, 6.07) is 15.8. The lowest BCUT2D eigenvalue weighted by Crippen LogP contribution is -2.06. The van der Waals surface area contributed by atoms with Crippen molar-refractivity contribution in [3.05, 3.63) is 70.9 Å². The van der Waals surface area contributed by atoms with E-state index in [1.807, 2.05) is 42.5 Å². The molecule has 1 aromatic heterocycles. The molecule has 0 aliphatic carbocycles. The maximum Gasteiger partial charge on any atom is 0.249 e. The zero-order valence-electron chi connectivity index (χ0n) is 13.3. The van der Waals surface area contributed by atoms with Gasteiger partial charge in [0.05, 0.1) is 6.20 Å². The van der Waals surface area contributed by atoms with E-state index in [-0.39, 0.29) is 0 Å². The lowest BCUT2D eigenvalue weighted by atomic mass is 10.1. The molecular weight excluding hydrogens is 322 g/mol. The number of nitrogens with zero attached hydrogens (tertiary/aromatic N) is 3.